The van der Waals surface area contributed by atoms with Gasteiger partial charge in [0.25, 0.3) is 0 Å². The van der Waals surface area contributed by atoms with Gasteiger partial charge >= 0.3 is 0 Å². The van der Waals surface area contributed by atoms with E-state index in [1.807, 2.05) is 12.1 Å². The summed E-state index contributed by atoms with van der Waals surface area (Å²) in [5.41, 5.74) is 7.56. The zero-order chi connectivity index (χ0) is 9.42. The lowest BCUT2D eigenvalue weighted by molar-refractivity contribution is 0.283. The predicted octanol–water partition coefficient (Wildman–Crippen LogP) is 2.58. The van der Waals surface area contributed by atoms with Gasteiger partial charge in [0.15, 0.2) is 0 Å². The van der Waals surface area contributed by atoms with E-state index >= 15 is 0 Å². The molecule has 0 spiro atoms. The Balaban J connectivity index is 2.88. The monoisotopic (exact) mass is 305 g/mol. The van der Waals surface area contributed by atoms with Gasteiger partial charge < -0.3 is 10.8 Å². The van der Waals surface area contributed by atoms with Crippen molar-refractivity contribution in [3.8, 4) is 0 Å². The van der Waals surface area contributed by atoms with Crippen molar-refractivity contribution in [2.75, 3.05) is 5.73 Å². The van der Waals surface area contributed by atoms with Gasteiger partial charge in [0.2, 0.25) is 0 Å². The molecule has 3 N–H and O–H groups in total. The lowest BCUT2D eigenvalue weighted by Crippen LogP contribution is -1.89. The minimum absolute atomic E-state index is 0.0729. The van der Waals surface area contributed by atoms with Crippen molar-refractivity contribution in [2.45, 2.75) is 6.61 Å². The van der Waals surface area contributed by atoms with Crippen LogP contribution in [0.25, 0.3) is 10.1 Å². The number of rotatable bonds is 1. The number of nitrogen functional groups attached to an aromatic ring is 1. The normalized spacial score (nSPS) is 10.9. The van der Waals surface area contributed by atoms with Crippen molar-refractivity contribution >= 4 is 49.7 Å². The zero-order valence-corrected chi connectivity index (χ0v) is 9.72. The fraction of sp³-hybridized carbons (Fsp3) is 0.111. The molecule has 0 saturated carbocycles. The minimum atomic E-state index is 0.0729. The molecule has 2 rings (SSSR count). The fourth-order valence-electron chi connectivity index (χ4n) is 1.33. The van der Waals surface area contributed by atoms with Crippen molar-refractivity contribution in [1.29, 1.82) is 0 Å². The summed E-state index contributed by atoms with van der Waals surface area (Å²) in [5, 5.41) is 12.3. The SMILES string of the molecule is Nc1ccc(CO)c2c(I)csc12. The highest BCUT2D eigenvalue weighted by atomic mass is 127. The van der Waals surface area contributed by atoms with E-state index in [1.165, 1.54) is 0 Å². The van der Waals surface area contributed by atoms with Crippen LogP contribution in [0.2, 0.25) is 0 Å². The lowest BCUT2D eigenvalue weighted by Gasteiger charge is -2.01. The topological polar surface area (TPSA) is 46.2 Å². The van der Waals surface area contributed by atoms with Gasteiger partial charge in [-0.05, 0) is 34.2 Å². The number of anilines is 1. The second kappa shape index (κ2) is 3.43. The number of halogens is 1. The Kier molecular flexibility index (Phi) is 2.44. The maximum absolute atomic E-state index is 9.13. The van der Waals surface area contributed by atoms with Crippen LogP contribution in [0.5, 0.6) is 0 Å². The summed E-state index contributed by atoms with van der Waals surface area (Å²) in [4.78, 5) is 0. The highest BCUT2D eigenvalue weighted by Crippen LogP contribution is 2.34. The maximum Gasteiger partial charge on any atom is 0.0688 e. The second-order valence-electron chi connectivity index (χ2n) is 2.76. The molecule has 0 radical (unpaired) electrons. The molecule has 0 aliphatic rings. The molecule has 68 valence electrons. The van der Waals surface area contributed by atoms with Crippen LogP contribution >= 0.6 is 33.9 Å². The van der Waals surface area contributed by atoms with Crippen LogP contribution in [0.4, 0.5) is 5.69 Å². The molecule has 0 aliphatic carbocycles. The number of aliphatic hydroxyl groups is 1. The standard InChI is InChI=1S/C9H8INOS/c10-6-4-13-9-7(11)2-1-5(3-12)8(6)9/h1-2,4,12H,3,11H2. The van der Waals surface area contributed by atoms with Gasteiger partial charge in [0.1, 0.15) is 0 Å². The second-order valence-corrected chi connectivity index (χ2v) is 4.80. The highest BCUT2D eigenvalue weighted by molar-refractivity contribution is 14.1. The smallest absolute Gasteiger partial charge is 0.0688 e. The first-order chi connectivity index (χ1) is 6.24. The number of aliphatic hydroxyl groups excluding tert-OH is 1. The van der Waals surface area contributed by atoms with Gasteiger partial charge in [-0.1, -0.05) is 6.07 Å². The molecular weight excluding hydrogens is 297 g/mol. The number of nitrogens with two attached hydrogens (primary N) is 1. The molecule has 2 aromatic rings. The Bertz CT molecular complexity index is 452. The average molecular weight is 305 g/mol. The van der Waals surface area contributed by atoms with Gasteiger partial charge in [-0.3, -0.25) is 0 Å². The molecule has 1 aromatic heterocycles. The largest absolute Gasteiger partial charge is 0.398 e. The molecule has 13 heavy (non-hydrogen) atoms. The van der Waals surface area contributed by atoms with Crippen LogP contribution in [0.15, 0.2) is 17.5 Å². The van der Waals surface area contributed by atoms with Crippen molar-refractivity contribution in [2.24, 2.45) is 0 Å². The van der Waals surface area contributed by atoms with Gasteiger partial charge in [-0.25, -0.2) is 0 Å². The molecule has 0 amide bonds. The van der Waals surface area contributed by atoms with Crippen LogP contribution in [0.3, 0.4) is 0 Å². The van der Waals surface area contributed by atoms with E-state index in [0.717, 1.165) is 24.9 Å². The summed E-state index contributed by atoms with van der Waals surface area (Å²) in [6, 6.07) is 3.73. The summed E-state index contributed by atoms with van der Waals surface area (Å²) in [6.07, 6.45) is 0. The molecule has 0 atom stereocenters. The van der Waals surface area contributed by atoms with E-state index in [0.29, 0.717) is 0 Å². The number of hydrogen-bond acceptors (Lipinski definition) is 3. The third-order valence-corrected chi connectivity index (χ3v) is 4.27. The van der Waals surface area contributed by atoms with Crippen LogP contribution in [-0.2, 0) is 6.61 Å². The molecule has 0 unspecified atom stereocenters. The molecule has 1 heterocycles. The molecule has 0 saturated heterocycles. The summed E-state index contributed by atoms with van der Waals surface area (Å²) in [5.74, 6) is 0. The summed E-state index contributed by atoms with van der Waals surface area (Å²) >= 11 is 3.89. The van der Waals surface area contributed by atoms with Crippen molar-refractivity contribution in [1.82, 2.24) is 0 Å². The summed E-state index contributed by atoms with van der Waals surface area (Å²) < 4.78 is 2.24. The number of fused-ring (bicyclic) bond motifs is 1. The summed E-state index contributed by atoms with van der Waals surface area (Å²) in [7, 11) is 0. The third kappa shape index (κ3) is 1.43. The zero-order valence-electron chi connectivity index (χ0n) is 6.75. The predicted molar refractivity (Wildman–Crippen MR) is 64.9 cm³/mol. The minimum Gasteiger partial charge on any atom is -0.398 e. The summed E-state index contributed by atoms with van der Waals surface area (Å²) in [6.45, 7) is 0.0729. The van der Waals surface area contributed by atoms with Gasteiger partial charge in [0, 0.05) is 20.0 Å². The van der Waals surface area contributed by atoms with Crippen molar-refractivity contribution in [3.05, 3.63) is 26.6 Å². The molecule has 4 heteroatoms. The third-order valence-electron chi connectivity index (χ3n) is 1.96. The van der Waals surface area contributed by atoms with Crippen molar-refractivity contribution < 1.29 is 5.11 Å². The Morgan fingerprint density at radius 2 is 2.23 bits per heavy atom. The fourth-order valence-corrected chi connectivity index (χ4v) is 3.41. The van der Waals surface area contributed by atoms with E-state index in [4.69, 9.17) is 10.8 Å². The quantitative estimate of drug-likeness (QED) is 0.628. The number of hydrogen-bond donors (Lipinski definition) is 2. The van der Waals surface area contributed by atoms with E-state index in [1.54, 1.807) is 11.3 Å². The van der Waals surface area contributed by atoms with Gasteiger partial charge in [0.05, 0.1) is 11.3 Å². The Morgan fingerprint density at radius 1 is 1.46 bits per heavy atom. The highest BCUT2D eigenvalue weighted by Gasteiger charge is 2.08. The molecule has 2 nitrogen and oxygen atoms in total. The molecule has 0 fully saturated rings. The first-order valence-corrected chi connectivity index (χ1v) is 5.75. The number of thiophene rings is 1. The van der Waals surface area contributed by atoms with Gasteiger partial charge in [-0.2, -0.15) is 0 Å². The van der Waals surface area contributed by atoms with E-state index in [-0.39, 0.29) is 6.61 Å². The van der Waals surface area contributed by atoms with Crippen LogP contribution in [0, 0.1) is 3.57 Å². The van der Waals surface area contributed by atoms with Crippen molar-refractivity contribution in [3.63, 3.8) is 0 Å². The van der Waals surface area contributed by atoms with E-state index < -0.39 is 0 Å². The van der Waals surface area contributed by atoms with Crippen LogP contribution in [-0.4, -0.2) is 5.11 Å². The Morgan fingerprint density at radius 3 is 2.92 bits per heavy atom. The molecule has 1 aromatic carbocycles. The average Bonchev–Trinajstić information content (AvgIpc) is 2.51. The lowest BCUT2D eigenvalue weighted by atomic mass is 10.1. The van der Waals surface area contributed by atoms with Crippen LogP contribution in [0.1, 0.15) is 5.56 Å². The van der Waals surface area contributed by atoms with Gasteiger partial charge in [-0.15, -0.1) is 11.3 Å². The number of benzene rings is 1. The maximum atomic E-state index is 9.13. The molecule has 0 bridgehead atoms. The van der Waals surface area contributed by atoms with E-state index in [9.17, 15) is 0 Å². The molecule has 0 aliphatic heterocycles. The molecular formula is C9H8INOS. The first-order valence-electron chi connectivity index (χ1n) is 3.79. The Labute approximate surface area is 93.5 Å². The van der Waals surface area contributed by atoms with Crippen LogP contribution < -0.4 is 5.73 Å². The Hall–Kier alpha value is -0.330. The van der Waals surface area contributed by atoms with E-state index in [2.05, 4.69) is 28.0 Å². The first kappa shape index (κ1) is 9.23.